The molecule has 0 saturated heterocycles. The predicted molar refractivity (Wildman–Crippen MR) is 125 cm³/mol. The van der Waals surface area contributed by atoms with Crippen molar-refractivity contribution in [2.24, 2.45) is 17.8 Å². The first-order valence-electron chi connectivity index (χ1n) is 11.0. The van der Waals surface area contributed by atoms with E-state index in [1.165, 1.54) is 48.3 Å². The molecule has 5 atom stereocenters. The second kappa shape index (κ2) is 7.78. The average molecular weight is 466 g/mol. The maximum Gasteiger partial charge on any atom is 0.308 e. The summed E-state index contributed by atoms with van der Waals surface area (Å²) in [6.07, 6.45) is 7.56. The number of carbonyl (C=O) groups excluding carboxylic acids is 1. The largest absolute Gasteiger partial charge is 0.508 e. The van der Waals surface area contributed by atoms with Gasteiger partial charge in [-0.05, 0) is 72.9 Å². The molecule has 1 aliphatic heterocycles. The van der Waals surface area contributed by atoms with Crippen molar-refractivity contribution in [3.05, 3.63) is 68.9 Å². The number of thioether (sulfide) groups is 1. The van der Waals surface area contributed by atoms with Gasteiger partial charge >= 0.3 is 4.87 Å². The highest BCUT2D eigenvalue weighted by Gasteiger charge is 2.55. The van der Waals surface area contributed by atoms with Crippen molar-refractivity contribution in [3.8, 4) is 5.75 Å². The number of nitrogens with one attached hydrogen (secondary N) is 1. The Morgan fingerprint density at radius 2 is 2.00 bits per heavy atom. The molecule has 0 spiro atoms. The van der Waals surface area contributed by atoms with Crippen LogP contribution in [0.2, 0.25) is 0 Å². The van der Waals surface area contributed by atoms with E-state index in [0.29, 0.717) is 28.7 Å². The molecule has 2 saturated carbocycles. The number of hydrogen-bond acceptors (Lipinski definition) is 6. The fourth-order valence-corrected chi connectivity index (χ4v) is 9.06. The van der Waals surface area contributed by atoms with Crippen LogP contribution in [0.3, 0.4) is 0 Å². The lowest BCUT2D eigenvalue weighted by Gasteiger charge is -2.40. The van der Waals surface area contributed by atoms with E-state index in [4.69, 9.17) is 0 Å². The molecule has 3 aromatic rings. The van der Waals surface area contributed by atoms with Crippen molar-refractivity contribution in [2.45, 2.75) is 42.0 Å². The van der Waals surface area contributed by atoms with E-state index in [9.17, 15) is 14.7 Å². The third-order valence-corrected chi connectivity index (χ3v) is 10.0. The Morgan fingerprint density at radius 3 is 2.78 bits per heavy atom. The number of benzene rings is 1. The average Bonchev–Trinajstić information content (AvgIpc) is 3.49. The van der Waals surface area contributed by atoms with Gasteiger partial charge in [0.05, 0.1) is 5.03 Å². The summed E-state index contributed by atoms with van der Waals surface area (Å²) in [6.45, 7) is -0.0101. The zero-order valence-electron chi connectivity index (χ0n) is 17.3. The normalized spacial score (nSPS) is 27.7. The van der Waals surface area contributed by atoms with Crippen LogP contribution in [0.1, 0.15) is 35.6 Å². The van der Waals surface area contributed by atoms with E-state index >= 15 is 0 Å². The molecule has 164 valence electrons. The molecule has 2 fully saturated rings. The van der Waals surface area contributed by atoms with Crippen LogP contribution in [0.5, 0.6) is 5.75 Å². The molecular formula is C24H23N3O3S2. The molecule has 6 rings (SSSR count). The number of anilines is 1. The lowest BCUT2D eigenvalue weighted by atomic mass is 9.75. The van der Waals surface area contributed by atoms with Crippen LogP contribution in [0, 0.1) is 17.8 Å². The van der Waals surface area contributed by atoms with E-state index in [1.54, 1.807) is 22.9 Å². The van der Waals surface area contributed by atoms with E-state index in [2.05, 4.69) is 16.4 Å². The maximum absolute atomic E-state index is 13.1. The molecule has 2 aliphatic carbocycles. The molecular weight excluding hydrogens is 442 g/mol. The number of aromatic hydroxyl groups is 1. The summed E-state index contributed by atoms with van der Waals surface area (Å²) in [6, 6.07) is 10.4. The summed E-state index contributed by atoms with van der Waals surface area (Å²) in [5, 5.41) is 13.7. The lowest BCUT2D eigenvalue weighted by Crippen LogP contribution is -2.34. The summed E-state index contributed by atoms with van der Waals surface area (Å²) in [5.41, 5.74) is 1.78. The summed E-state index contributed by atoms with van der Waals surface area (Å²) in [4.78, 5) is 31.2. The Kier molecular flexibility index (Phi) is 4.87. The number of pyridine rings is 1. The highest BCUT2D eigenvalue weighted by molar-refractivity contribution is 8.00. The van der Waals surface area contributed by atoms with E-state index in [1.807, 2.05) is 24.0 Å². The van der Waals surface area contributed by atoms with Crippen LogP contribution in [0.15, 0.2) is 58.6 Å². The first-order valence-corrected chi connectivity index (χ1v) is 12.7. The van der Waals surface area contributed by atoms with Crippen LogP contribution in [0.25, 0.3) is 0 Å². The topological polar surface area (TPSA) is 84.2 Å². The van der Waals surface area contributed by atoms with Crippen LogP contribution < -0.4 is 10.2 Å². The number of rotatable bonds is 4. The number of thiazole rings is 1. The molecule has 3 heterocycles. The first-order chi connectivity index (χ1) is 15.6. The third kappa shape index (κ3) is 3.28. The van der Waals surface area contributed by atoms with Gasteiger partial charge in [-0.2, -0.15) is 0 Å². The molecule has 32 heavy (non-hydrogen) atoms. The van der Waals surface area contributed by atoms with Crippen molar-refractivity contribution in [2.75, 3.05) is 5.32 Å². The van der Waals surface area contributed by atoms with Gasteiger partial charge in [-0.3, -0.25) is 19.1 Å². The lowest BCUT2D eigenvalue weighted by molar-refractivity contribution is -0.116. The SMILES string of the molecule is O=C(Cn1c2c(sc1=O)C(c1cccnc1)C1C3CCC(C3)C1S2)Nc1ccc(O)cc1. The molecule has 2 aromatic heterocycles. The van der Waals surface area contributed by atoms with E-state index in [-0.39, 0.29) is 29.0 Å². The number of hydrogen-bond donors (Lipinski definition) is 2. The fourth-order valence-electron chi connectivity index (χ4n) is 5.91. The Morgan fingerprint density at radius 1 is 1.19 bits per heavy atom. The minimum atomic E-state index is -0.244. The van der Waals surface area contributed by atoms with Gasteiger partial charge in [0, 0.05) is 34.1 Å². The van der Waals surface area contributed by atoms with Crippen LogP contribution in [-0.2, 0) is 11.3 Å². The molecule has 2 bridgehead atoms. The van der Waals surface area contributed by atoms with Crippen molar-refractivity contribution in [1.29, 1.82) is 0 Å². The number of carbonyl (C=O) groups is 1. The Hall–Kier alpha value is -2.58. The summed E-state index contributed by atoms with van der Waals surface area (Å²) >= 11 is 3.12. The summed E-state index contributed by atoms with van der Waals surface area (Å²) < 4.78 is 1.66. The fraction of sp³-hybridized carbons (Fsp3) is 0.375. The summed E-state index contributed by atoms with van der Waals surface area (Å²) in [7, 11) is 0. The van der Waals surface area contributed by atoms with Crippen LogP contribution in [-0.4, -0.2) is 25.8 Å². The van der Waals surface area contributed by atoms with Crippen molar-refractivity contribution in [1.82, 2.24) is 9.55 Å². The Labute approximate surface area is 193 Å². The highest BCUT2D eigenvalue weighted by Crippen LogP contribution is 2.63. The minimum Gasteiger partial charge on any atom is -0.508 e. The molecule has 0 radical (unpaired) electrons. The van der Waals surface area contributed by atoms with E-state index < -0.39 is 0 Å². The molecule has 2 N–H and O–H groups in total. The number of phenolic OH excluding ortho intramolecular Hbond substituents is 1. The first kappa shape index (κ1) is 20.1. The molecule has 8 heteroatoms. The van der Waals surface area contributed by atoms with Gasteiger partial charge in [0.2, 0.25) is 5.91 Å². The number of nitrogens with zero attached hydrogens (tertiary/aromatic N) is 2. The van der Waals surface area contributed by atoms with Gasteiger partial charge in [-0.25, -0.2) is 0 Å². The molecule has 1 amide bonds. The van der Waals surface area contributed by atoms with Crippen molar-refractivity contribution in [3.63, 3.8) is 0 Å². The van der Waals surface area contributed by atoms with Crippen molar-refractivity contribution >= 4 is 34.7 Å². The third-order valence-electron chi connectivity index (χ3n) is 7.19. The number of aromatic nitrogens is 2. The smallest absolute Gasteiger partial charge is 0.308 e. The van der Waals surface area contributed by atoms with Crippen molar-refractivity contribution < 1.29 is 9.90 Å². The van der Waals surface area contributed by atoms with E-state index in [0.717, 1.165) is 9.90 Å². The monoisotopic (exact) mass is 465 g/mol. The molecule has 1 aromatic carbocycles. The summed E-state index contributed by atoms with van der Waals surface area (Å²) in [5.74, 6) is 2.01. The Bertz CT molecular complexity index is 1220. The maximum atomic E-state index is 13.1. The number of amides is 1. The van der Waals surface area contributed by atoms with Gasteiger partial charge in [0.1, 0.15) is 12.3 Å². The van der Waals surface area contributed by atoms with Gasteiger partial charge in [0.25, 0.3) is 0 Å². The second-order valence-corrected chi connectivity index (χ2v) is 11.1. The Balaban J connectivity index is 1.35. The van der Waals surface area contributed by atoms with Gasteiger partial charge in [-0.1, -0.05) is 17.4 Å². The molecule has 5 unspecified atom stereocenters. The number of phenols is 1. The minimum absolute atomic E-state index is 0.0101. The highest BCUT2D eigenvalue weighted by atomic mass is 32.2. The van der Waals surface area contributed by atoms with Crippen LogP contribution in [0.4, 0.5) is 5.69 Å². The molecule has 6 nitrogen and oxygen atoms in total. The zero-order chi connectivity index (χ0) is 21.8. The van der Waals surface area contributed by atoms with Crippen LogP contribution >= 0.6 is 23.1 Å². The standard InChI is InChI=1S/C24H23N3O3S2/c28-17-7-5-16(6-8-17)26-18(29)12-27-23-22(32-24(27)30)20(15-2-1-9-25-11-15)19-13-3-4-14(10-13)21(19)31-23/h1-2,5-9,11,13-14,19-21,28H,3-4,10,12H2,(H,26,29). The number of fused-ring (bicyclic) bond motifs is 6. The molecule has 3 aliphatic rings. The zero-order valence-corrected chi connectivity index (χ0v) is 18.9. The van der Waals surface area contributed by atoms with Gasteiger partial charge < -0.3 is 10.4 Å². The predicted octanol–water partition coefficient (Wildman–Crippen LogP) is 4.30. The van der Waals surface area contributed by atoms with Gasteiger partial charge in [-0.15, -0.1) is 11.8 Å². The second-order valence-electron chi connectivity index (χ2n) is 8.98. The quantitative estimate of drug-likeness (QED) is 0.561. The van der Waals surface area contributed by atoms with Gasteiger partial charge in [0.15, 0.2) is 0 Å².